The molecule has 29 heavy (non-hydrogen) atoms. The topological polar surface area (TPSA) is 92.6 Å². The molecule has 1 aliphatic rings. The smallest absolute Gasteiger partial charge is 0.292 e. The number of nitrogens with one attached hydrogen (secondary N) is 1. The van der Waals surface area contributed by atoms with Gasteiger partial charge in [0.25, 0.3) is 11.6 Å². The average Bonchev–Trinajstić information content (AvgIpc) is 2.93. The zero-order valence-corrected chi connectivity index (χ0v) is 16.5. The fourth-order valence-electron chi connectivity index (χ4n) is 2.61. The standard InChI is InChI=1S/C19H14FN3O4S2/c20-13-5-3-4-12(10-13)11-16-18(25)22(19(28)29-16)9-8-17(24)21-14-6-1-2-7-15(14)23(26)27/h1-7,10-11H,8-9H2,(H,21,24). The lowest BCUT2D eigenvalue weighted by Crippen LogP contribution is -2.31. The van der Waals surface area contributed by atoms with Gasteiger partial charge < -0.3 is 5.32 Å². The van der Waals surface area contributed by atoms with Crippen molar-refractivity contribution in [3.05, 3.63) is 74.9 Å². The summed E-state index contributed by atoms with van der Waals surface area (Å²) >= 11 is 6.28. The Morgan fingerprint density at radius 3 is 2.76 bits per heavy atom. The Morgan fingerprint density at radius 2 is 2.03 bits per heavy atom. The quantitative estimate of drug-likeness (QED) is 0.322. The number of nitro benzene ring substituents is 1. The van der Waals surface area contributed by atoms with Crippen molar-refractivity contribution in [2.24, 2.45) is 0 Å². The predicted molar refractivity (Wildman–Crippen MR) is 113 cm³/mol. The van der Waals surface area contributed by atoms with Gasteiger partial charge in [-0.15, -0.1) is 0 Å². The zero-order valence-electron chi connectivity index (χ0n) is 14.8. The van der Waals surface area contributed by atoms with E-state index in [0.717, 1.165) is 11.8 Å². The van der Waals surface area contributed by atoms with Gasteiger partial charge in [0.15, 0.2) is 0 Å². The Bertz CT molecular complexity index is 1040. The molecule has 0 radical (unpaired) electrons. The van der Waals surface area contributed by atoms with E-state index < -0.39 is 16.6 Å². The van der Waals surface area contributed by atoms with Crippen LogP contribution in [-0.4, -0.2) is 32.5 Å². The lowest BCUT2D eigenvalue weighted by Gasteiger charge is -2.14. The van der Waals surface area contributed by atoms with Crippen molar-refractivity contribution in [1.82, 2.24) is 4.90 Å². The molecule has 0 spiro atoms. The molecular weight excluding hydrogens is 417 g/mol. The van der Waals surface area contributed by atoms with Crippen molar-refractivity contribution in [3.8, 4) is 0 Å². The van der Waals surface area contributed by atoms with E-state index in [4.69, 9.17) is 12.2 Å². The largest absolute Gasteiger partial charge is 0.320 e. The molecule has 10 heteroatoms. The molecular formula is C19H14FN3O4S2. The molecule has 1 heterocycles. The number of para-hydroxylation sites is 2. The summed E-state index contributed by atoms with van der Waals surface area (Å²) in [5.41, 5.74) is 0.392. The van der Waals surface area contributed by atoms with E-state index in [2.05, 4.69) is 5.32 Å². The highest BCUT2D eigenvalue weighted by molar-refractivity contribution is 8.26. The molecule has 1 N–H and O–H groups in total. The Labute approximate surface area is 174 Å². The van der Waals surface area contributed by atoms with E-state index in [9.17, 15) is 24.1 Å². The Morgan fingerprint density at radius 1 is 1.28 bits per heavy atom. The molecule has 1 saturated heterocycles. The van der Waals surface area contributed by atoms with Crippen LogP contribution < -0.4 is 5.32 Å². The summed E-state index contributed by atoms with van der Waals surface area (Å²) < 4.78 is 13.6. The molecule has 7 nitrogen and oxygen atoms in total. The monoisotopic (exact) mass is 431 g/mol. The van der Waals surface area contributed by atoms with Gasteiger partial charge in [-0.3, -0.25) is 24.6 Å². The third-order valence-electron chi connectivity index (χ3n) is 3.96. The first-order valence-electron chi connectivity index (χ1n) is 8.39. The summed E-state index contributed by atoms with van der Waals surface area (Å²) in [5.74, 6) is -1.27. The molecule has 0 saturated carbocycles. The van der Waals surface area contributed by atoms with Gasteiger partial charge in [0.2, 0.25) is 5.91 Å². The minimum atomic E-state index is -0.588. The van der Waals surface area contributed by atoms with Gasteiger partial charge in [0, 0.05) is 19.0 Å². The SMILES string of the molecule is O=C(CCN1C(=O)C(=Cc2cccc(F)c2)SC1=S)Nc1ccccc1[N+](=O)[O-]. The van der Waals surface area contributed by atoms with E-state index in [1.165, 1.54) is 47.4 Å². The van der Waals surface area contributed by atoms with Crippen LogP contribution in [0, 0.1) is 15.9 Å². The minimum absolute atomic E-state index is 0.0254. The molecule has 3 rings (SSSR count). The van der Waals surface area contributed by atoms with Crippen molar-refractivity contribution in [2.45, 2.75) is 6.42 Å². The van der Waals surface area contributed by atoms with Crippen molar-refractivity contribution >= 4 is 57.6 Å². The highest BCUT2D eigenvalue weighted by Crippen LogP contribution is 2.32. The number of carbonyl (C=O) groups excluding carboxylic acids is 2. The van der Waals surface area contributed by atoms with E-state index in [1.807, 2.05) is 0 Å². The van der Waals surface area contributed by atoms with Gasteiger partial charge in [0.05, 0.1) is 9.83 Å². The molecule has 1 aliphatic heterocycles. The number of halogens is 1. The van der Waals surface area contributed by atoms with Crippen LogP contribution in [0.3, 0.4) is 0 Å². The number of nitrogens with zero attached hydrogens (tertiary/aromatic N) is 2. The molecule has 2 amide bonds. The molecule has 0 aliphatic carbocycles. The van der Waals surface area contributed by atoms with Crippen LogP contribution in [0.5, 0.6) is 0 Å². The molecule has 2 aromatic rings. The normalized spacial score (nSPS) is 15.1. The van der Waals surface area contributed by atoms with Gasteiger partial charge in [0.1, 0.15) is 15.8 Å². The molecule has 0 atom stereocenters. The fourth-order valence-corrected chi connectivity index (χ4v) is 3.91. The van der Waals surface area contributed by atoms with E-state index in [0.29, 0.717) is 10.5 Å². The second-order valence-corrected chi connectivity index (χ2v) is 7.64. The number of rotatable bonds is 6. The maximum Gasteiger partial charge on any atom is 0.292 e. The van der Waals surface area contributed by atoms with Crippen LogP contribution in [0.25, 0.3) is 6.08 Å². The average molecular weight is 431 g/mol. The first-order chi connectivity index (χ1) is 13.8. The van der Waals surface area contributed by atoms with Crippen LogP contribution in [-0.2, 0) is 9.59 Å². The Hall–Kier alpha value is -3.11. The number of anilines is 1. The van der Waals surface area contributed by atoms with Crippen LogP contribution in [0.1, 0.15) is 12.0 Å². The number of hydrogen-bond donors (Lipinski definition) is 1. The maximum atomic E-state index is 13.3. The second kappa shape index (κ2) is 8.93. The second-order valence-electron chi connectivity index (χ2n) is 5.96. The number of amides is 2. The first kappa shape index (κ1) is 20.6. The van der Waals surface area contributed by atoms with E-state index in [-0.39, 0.29) is 34.6 Å². The summed E-state index contributed by atoms with van der Waals surface area (Å²) in [5, 5.41) is 13.5. The Kier molecular flexibility index (Phi) is 6.35. The van der Waals surface area contributed by atoms with Crippen molar-refractivity contribution in [1.29, 1.82) is 0 Å². The first-order valence-corrected chi connectivity index (χ1v) is 9.62. The minimum Gasteiger partial charge on any atom is -0.320 e. The fraction of sp³-hybridized carbons (Fsp3) is 0.105. The lowest BCUT2D eigenvalue weighted by atomic mass is 10.2. The summed E-state index contributed by atoms with van der Waals surface area (Å²) in [4.78, 5) is 36.8. The van der Waals surface area contributed by atoms with Crippen LogP contribution in [0.4, 0.5) is 15.8 Å². The van der Waals surface area contributed by atoms with Crippen LogP contribution in [0.2, 0.25) is 0 Å². The molecule has 0 unspecified atom stereocenters. The molecule has 2 aromatic carbocycles. The third kappa shape index (κ3) is 5.04. The summed E-state index contributed by atoms with van der Waals surface area (Å²) in [7, 11) is 0. The highest BCUT2D eigenvalue weighted by Gasteiger charge is 2.32. The molecule has 0 aromatic heterocycles. The van der Waals surface area contributed by atoms with Gasteiger partial charge in [-0.2, -0.15) is 0 Å². The number of thioether (sulfide) groups is 1. The van der Waals surface area contributed by atoms with Gasteiger partial charge in [-0.1, -0.05) is 48.2 Å². The molecule has 0 bridgehead atoms. The predicted octanol–water partition coefficient (Wildman–Crippen LogP) is 3.96. The number of benzene rings is 2. The Balaban J connectivity index is 1.64. The van der Waals surface area contributed by atoms with Crippen molar-refractivity contribution in [3.63, 3.8) is 0 Å². The lowest BCUT2D eigenvalue weighted by molar-refractivity contribution is -0.383. The van der Waals surface area contributed by atoms with Crippen LogP contribution >= 0.6 is 24.0 Å². The molecule has 1 fully saturated rings. The van der Waals surface area contributed by atoms with E-state index in [1.54, 1.807) is 12.1 Å². The van der Waals surface area contributed by atoms with Crippen molar-refractivity contribution < 1.29 is 18.9 Å². The van der Waals surface area contributed by atoms with Crippen LogP contribution in [0.15, 0.2) is 53.4 Å². The van der Waals surface area contributed by atoms with Gasteiger partial charge in [-0.25, -0.2) is 4.39 Å². The number of carbonyl (C=O) groups is 2. The van der Waals surface area contributed by atoms with E-state index >= 15 is 0 Å². The zero-order chi connectivity index (χ0) is 21.0. The molecule has 148 valence electrons. The van der Waals surface area contributed by atoms with Crippen molar-refractivity contribution in [2.75, 3.05) is 11.9 Å². The number of thiocarbonyl (C=S) groups is 1. The number of hydrogen-bond acceptors (Lipinski definition) is 6. The maximum absolute atomic E-state index is 13.3. The summed E-state index contributed by atoms with van der Waals surface area (Å²) in [6.45, 7) is 0.0254. The highest BCUT2D eigenvalue weighted by atomic mass is 32.2. The third-order valence-corrected chi connectivity index (χ3v) is 5.34. The summed E-state index contributed by atoms with van der Waals surface area (Å²) in [6, 6.07) is 11.6. The number of nitro groups is 1. The van der Waals surface area contributed by atoms with Gasteiger partial charge >= 0.3 is 0 Å². The summed E-state index contributed by atoms with van der Waals surface area (Å²) in [6.07, 6.45) is 1.45. The van der Waals surface area contributed by atoms with Gasteiger partial charge in [-0.05, 0) is 29.8 Å².